The van der Waals surface area contributed by atoms with Gasteiger partial charge in [-0.2, -0.15) is 0 Å². The van der Waals surface area contributed by atoms with Gasteiger partial charge >= 0.3 is 0 Å². The maximum absolute atomic E-state index is 12.1. The second-order valence-corrected chi connectivity index (χ2v) is 5.34. The number of hydrogen-bond donors (Lipinski definition) is 1. The topological polar surface area (TPSA) is 45.8 Å². The first-order chi connectivity index (χ1) is 9.06. The standard InChI is InChI=1S/C16H20N2O/c1-11(2)9-14-12(3)17-15(16(19)18-14)10-13-7-5-4-6-8-13/h4-8,11H,9-10H2,1-3H3,(H,18,19). The van der Waals surface area contributed by atoms with Crippen LogP contribution in [0.3, 0.4) is 0 Å². The lowest BCUT2D eigenvalue weighted by Gasteiger charge is -2.09. The van der Waals surface area contributed by atoms with E-state index in [2.05, 4.69) is 23.8 Å². The van der Waals surface area contributed by atoms with E-state index >= 15 is 0 Å². The molecule has 0 spiro atoms. The van der Waals surface area contributed by atoms with Crippen molar-refractivity contribution in [2.75, 3.05) is 0 Å². The quantitative estimate of drug-likeness (QED) is 0.914. The summed E-state index contributed by atoms with van der Waals surface area (Å²) in [7, 11) is 0. The molecule has 0 aliphatic carbocycles. The molecule has 0 fully saturated rings. The molecule has 0 aliphatic rings. The molecule has 0 unspecified atom stereocenters. The number of aromatic nitrogens is 2. The predicted molar refractivity (Wildman–Crippen MR) is 77.4 cm³/mol. The zero-order valence-electron chi connectivity index (χ0n) is 11.7. The lowest BCUT2D eigenvalue weighted by atomic mass is 10.1. The average molecular weight is 256 g/mol. The first-order valence-electron chi connectivity index (χ1n) is 6.69. The molecule has 2 aromatic rings. The van der Waals surface area contributed by atoms with Gasteiger partial charge in [-0.05, 0) is 24.8 Å². The van der Waals surface area contributed by atoms with E-state index in [-0.39, 0.29) is 5.56 Å². The summed E-state index contributed by atoms with van der Waals surface area (Å²) in [5.41, 5.74) is 3.52. The molecule has 0 aliphatic heterocycles. The van der Waals surface area contributed by atoms with Gasteiger partial charge in [0.25, 0.3) is 5.56 Å². The molecular formula is C16H20N2O. The number of benzene rings is 1. The Morgan fingerprint density at radius 3 is 2.53 bits per heavy atom. The molecule has 2 rings (SSSR count). The Labute approximate surface area is 113 Å². The van der Waals surface area contributed by atoms with E-state index in [4.69, 9.17) is 0 Å². The second kappa shape index (κ2) is 5.83. The first-order valence-corrected chi connectivity index (χ1v) is 6.69. The lowest BCUT2D eigenvalue weighted by Crippen LogP contribution is -2.20. The summed E-state index contributed by atoms with van der Waals surface area (Å²) in [4.78, 5) is 19.5. The molecule has 0 radical (unpaired) electrons. The summed E-state index contributed by atoms with van der Waals surface area (Å²) >= 11 is 0. The Kier molecular flexibility index (Phi) is 4.15. The van der Waals surface area contributed by atoms with Crippen molar-refractivity contribution in [1.82, 2.24) is 9.97 Å². The van der Waals surface area contributed by atoms with Gasteiger partial charge in [-0.1, -0.05) is 44.2 Å². The molecule has 3 heteroatoms. The van der Waals surface area contributed by atoms with Crippen LogP contribution in [0.1, 0.15) is 36.5 Å². The molecule has 1 aromatic heterocycles. The van der Waals surface area contributed by atoms with Crippen LogP contribution in [0.5, 0.6) is 0 Å². The third-order valence-electron chi connectivity index (χ3n) is 3.09. The van der Waals surface area contributed by atoms with E-state index < -0.39 is 0 Å². The van der Waals surface area contributed by atoms with E-state index in [1.807, 2.05) is 37.3 Å². The molecular weight excluding hydrogens is 236 g/mol. The number of nitrogens with one attached hydrogen (secondary N) is 1. The Bertz CT molecular complexity index is 600. The van der Waals surface area contributed by atoms with E-state index in [9.17, 15) is 4.79 Å². The maximum atomic E-state index is 12.1. The number of rotatable bonds is 4. The highest BCUT2D eigenvalue weighted by atomic mass is 16.1. The van der Waals surface area contributed by atoms with E-state index in [1.54, 1.807) is 0 Å². The maximum Gasteiger partial charge on any atom is 0.270 e. The molecule has 3 nitrogen and oxygen atoms in total. The van der Waals surface area contributed by atoms with Crippen LogP contribution in [-0.2, 0) is 12.8 Å². The minimum atomic E-state index is -0.0647. The van der Waals surface area contributed by atoms with Crippen LogP contribution in [0, 0.1) is 12.8 Å². The fraction of sp³-hybridized carbons (Fsp3) is 0.375. The van der Waals surface area contributed by atoms with Crippen LogP contribution in [0.15, 0.2) is 35.1 Å². The number of H-pyrrole nitrogens is 1. The second-order valence-electron chi connectivity index (χ2n) is 5.34. The van der Waals surface area contributed by atoms with Gasteiger partial charge in [0.15, 0.2) is 0 Å². The number of aromatic amines is 1. The summed E-state index contributed by atoms with van der Waals surface area (Å²) in [5, 5.41) is 0. The van der Waals surface area contributed by atoms with E-state index in [0.29, 0.717) is 18.0 Å². The van der Waals surface area contributed by atoms with Gasteiger partial charge in [0.1, 0.15) is 5.69 Å². The van der Waals surface area contributed by atoms with Crippen molar-refractivity contribution in [3.05, 3.63) is 63.3 Å². The van der Waals surface area contributed by atoms with Crippen molar-refractivity contribution in [1.29, 1.82) is 0 Å². The summed E-state index contributed by atoms with van der Waals surface area (Å²) < 4.78 is 0. The molecule has 1 N–H and O–H groups in total. The normalized spacial score (nSPS) is 10.9. The molecule has 19 heavy (non-hydrogen) atoms. The van der Waals surface area contributed by atoms with Gasteiger partial charge < -0.3 is 4.98 Å². The Morgan fingerprint density at radius 2 is 1.89 bits per heavy atom. The monoisotopic (exact) mass is 256 g/mol. The largest absolute Gasteiger partial charge is 0.323 e. The zero-order chi connectivity index (χ0) is 13.8. The molecule has 1 aromatic carbocycles. The predicted octanol–water partition coefficient (Wildman–Crippen LogP) is 2.87. The van der Waals surface area contributed by atoms with Crippen LogP contribution in [0.2, 0.25) is 0 Å². The number of hydrogen-bond acceptors (Lipinski definition) is 2. The third-order valence-corrected chi connectivity index (χ3v) is 3.09. The van der Waals surface area contributed by atoms with Crippen molar-refractivity contribution in [2.24, 2.45) is 5.92 Å². The molecule has 0 saturated carbocycles. The van der Waals surface area contributed by atoms with Crippen LogP contribution < -0.4 is 5.56 Å². The highest BCUT2D eigenvalue weighted by Gasteiger charge is 2.09. The van der Waals surface area contributed by atoms with Gasteiger partial charge in [0, 0.05) is 12.1 Å². The van der Waals surface area contributed by atoms with Crippen molar-refractivity contribution in [3.63, 3.8) is 0 Å². The van der Waals surface area contributed by atoms with Crippen molar-refractivity contribution in [2.45, 2.75) is 33.6 Å². The van der Waals surface area contributed by atoms with Gasteiger partial charge in [0.05, 0.1) is 5.69 Å². The third kappa shape index (κ3) is 3.53. The van der Waals surface area contributed by atoms with Crippen molar-refractivity contribution in [3.8, 4) is 0 Å². The fourth-order valence-corrected chi connectivity index (χ4v) is 2.14. The Hall–Kier alpha value is -1.90. The lowest BCUT2D eigenvalue weighted by molar-refractivity contribution is 0.625. The summed E-state index contributed by atoms with van der Waals surface area (Å²) in [6.07, 6.45) is 1.44. The van der Waals surface area contributed by atoms with Crippen LogP contribution in [0.4, 0.5) is 0 Å². The van der Waals surface area contributed by atoms with Crippen LogP contribution >= 0.6 is 0 Å². The highest BCUT2D eigenvalue weighted by molar-refractivity contribution is 5.22. The van der Waals surface area contributed by atoms with Crippen molar-refractivity contribution >= 4 is 0 Å². The van der Waals surface area contributed by atoms with E-state index in [0.717, 1.165) is 23.4 Å². The highest BCUT2D eigenvalue weighted by Crippen LogP contribution is 2.09. The Balaban J connectivity index is 2.28. The average Bonchev–Trinajstić information content (AvgIpc) is 2.36. The minimum absolute atomic E-state index is 0.0647. The smallest absolute Gasteiger partial charge is 0.270 e. The molecule has 100 valence electrons. The molecule has 0 saturated heterocycles. The molecule has 1 heterocycles. The van der Waals surface area contributed by atoms with Gasteiger partial charge in [-0.25, -0.2) is 0 Å². The summed E-state index contributed by atoms with van der Waals surface area (Å²) in [6, 6.07) is 9.95. The molecule has 0 bridgehead atoms. The number of nitrogens with zero attached hydrogens (tertiary/aromatic N) is 1. The Morgan fingerprint density at radius 1 is 1.21 bits per heavy atom. The molecule has 0 amide bonds. The number of aryl methyl sites for hydroxylation is 1. The minimum Gasteiger partial charge on any atom is -0.323 e. The van der Waals surface area contributed by atoms with Gasteiger partial charge in [-0.3, -0.25) is 9.78 Å². The van der Waals surface area contributed by atoms with Gasteiger partial charge in [0.2, 0.25) is 0 Å². The molecule has 0 atom stereocenters. The van der Waals surface area contributed by atoms with E-state index in [1.165, 1.54) is 0 Å². The van der Waals surface area contributed by atoms with Crippen molar-refractivity contribution < 1.29 is 0 Å². The fourth-order valence-electron chi connectivity index (χ4n) is 2.14. The summed E-state index contributed by atoms with van der Waals surface area (Å²) in [6.45, 7) is 6.23. The van der Waals surface area contributed by atoms with Crippen LogP contribution in [-0.4, -0.2) is 9.97 Å². The SMILES string of the molecule is Cc1nc(Cc2ccccc2)c(=O)[nH]c1CC(C)C. The van der Waals surface area contributed by atoms with Gasteiger partial charge in [-0.15, -0.1) is 0 Å². The van der Waals surface area contributed by atoms with Crippen LogP contribution in [0.25, 0.3) is 0 Å². The first kappa shape index (κ1) is 13.5. The summed E-state index contributed by atoms with van der Waals surface area (Å²) in [5.74, 6) is 0.510. The zero-order valence-corrected chi connectivity index (χ0v) is 11.7.